The minimum Gasteiger partial charge on any atom is -0.467 e. The third-order valence-electron chi connectivity index (χ3n) is 6.19. The van der Waals surface area contributed by atoms with Gasteiger partial charge in [0.25, 0.3) is 0 Å². The molecule has 0 aliphatic carbocycles. The van der Waals surface area contributed by atoms with E-state index in [1.807, 2.05) is 60.8 Å². The second-order valence-corrected chi connectivity index (χ2v) is 8.55. The van der Waals surface area contributed by atoms with Gasteiger partial charge in [0.1, 0.15) is 12.1 Å². The third kappa shape index (κ3) is 5.63. The Balaban J connectivity index is 1.52. The van der Waals surface area contributed by atoms with E-state index in [1.54, 1.807) is 0 Å². The lowest BCUT2D eigenvalue weighted by atomic mass is 10.0. The quantitative estimate of drug-likeness (QED) is 0.363. The zero-order valence-corrected chi connectivity index (χ0v) is 19.2. The Morgan fingerprint density at radius 1 is 1.00 bits per heavy atom. The Bertz CT molecular complexity index is 1140. The van der Waals surface area contributed by atoms with Crippen molar-refractivity contribution in [2.45, 2.75) is 43.8 Å². The van der Waals surface area contributed by atoms with E-state index in [0.717, 1.165) is 41.4 Å². The summed E-state index contributed by atoms with van der Waals surface area (Å²) in [6, 6.07) is 15.2. The number of carbonyl (C=O) groups excluding carboxylic acids is 3. The summed E-state index contributed by atoms with van der Waals surface area (Å²) in [5.74, 6) is -1.17. The molecule has 2 heterocycles. The van der Waals surface area contributed by atoms with Gasteiger partial charge in [-0.2, -0.15) is 0 Å². The second kappa shape index (κ2) is 11.0. The first-order valence-electron chi connectivity index (χ1n) is 11.6. The summed E-state index contributed by atoms with van der Waals surface area (Å²) < 4.78 is 4.97. The van der Waals surface area contributed by atoms with Gasteiger partial charge in [-0.1, -0.05) is 48.5 Å². The molecule has 1 saturated heterocycles. The highest BCUT2D eigenvalue weighted by molar-refractivity contribution is 5.93. The van der Waals surface area contributed by atoms with Crippen molar-refractivity contribution in [3.63, 3.8) is 0 Å². The number of para-hydroxylation sites is 1. The minimum absolute atomic E-state index is 0.208. The molecule has 8 heteroatoms. The number of nitrogens with one attached hydrogen (secondary N) is 4. The van der Waals surface area contributed by atoms with E-state index in [-0.39, 0.29) is 18.4 Å². The van der Waals surface area contributed by atoms with Gasteiger partial charge < -0.3 is 25.7 Å². The van der Waals surface area contributed by atoms with E-state index >= 15 is 0 Å². The minimum atomic E-state index is -0.892. The summed E-state index contributed by atoms with van der Waals surface area (Å²) in [4.78, 5) is 41.9. The SMILES string of the molecule is COC(=O)C(Cc1c[nH]c2ccccc12)NC(=O)C(Cc1ccccc1)NC(=O)C1CCCN1. The third-order valence-corrected chi connectivity index (χ3v) is 6.19. The Kier molecular flexibility index (Phi) is 7.59. The van der Waals surface area contributed by atoms with Crippen LogP contribution in [0.15, 0.2) is 60.8 Å². The first kappa shape index (κ1) is 23.5. The van der Waals surface area contributed by atoms with Gasteiger partial charge in [-0.15, -0.1) is 0 Å². The fraction of sp³-hybridized carbons (Fsp3) is 0.346. The predicted molar refractivity (Wildman–Crippen MR) is 129 cm³/mol. The van der Waals surface area contributed by atoms with Crippen molar-refractivity contribution >= 4 is 28.7 Å². The monoisotopic (exact) mass is 462 g/mol. The van der Waals surface area contributed by atoms with E-state index in [0.29, 0.717) is 6.42 Å². The number of ether oxygens (including phenoxy) is 1. The van der Waals surface area contributed by atoms with Crippen molar-refractivity contribution in [1.82, 2.24) is 20.9 Å². The molecule has 3 unspecified atom stereocenters. The normalized spacial score (nSPS) is 17.1. The Labute approximate surface area is 198 Å². The first-order chi connectivity index (χ1) is 16.5. The van der Waals surface area contributed by atoms with Crippen LogP contribution in [-0.2, 0) is 32.0 Å². The summed E-state index contributed by atoms with van der Waals surface area (Å²) in [5.41, 5.74) is 2.75. The smallest absolute Gasteiger partial charge is 0.328 e. The summed E-state index contributed by atoms with van der Waals surface area (Å²) in [6.45, 7) is 0.780. The maximum atomic E-state index is 13.4. The zero-order chi connectivity index (χ0) is 23.9. The van der Waals surface area contributed by atoms with Crippen LogP contribution in [0.25, 0.3) is 10.9 Å². The summed E-state index contributed by atoms with van der Waals surface area (Å²) in [7, 11) is 1.30. The highest BCUT2D eigenvalue weighted by Crippen LogP contribution is 2.19. The lowest BCUT2D eigenvalue weighted by molar-refractivity contribution is -0.145. The molecule has 0 saturated carbocycles. The number of fused-ring (bicyclic) bond motifs is 1. The number of hydrogen-bond donors (Lipinski definition) is 4. The second-order valence-electron chi connectivity index (χ2n) is 8.55. The molecule has 2 amide bonds. The number of esters is 1. The Morgan fingerprint density at radius 2 is 1.76 bits per heavy atom. The lowest BCUT2D eigenvalue weighted by Crippen LogP contribution is -2.55. The molecule has 1 aromatic heterocycles. The van der Waals surface area contributed by atoms with Crippen LogP contribution in [0.2, 0.25) is 0 Å². The number of amides is 2. The Hall–Kier alpha value is -3.65. The molecule has 1 aliphatic rings. The molecule has 4 rings (SSSR count). The summed E-state index contributed by atoms with van der Waals surface area (Å²) in [5, 5.41) is 9.85. The molecular weight excluding hydrogens is 432 g/mol. The van der Waals surface area contributed by atoms with Crippen molar-refractivity contribution in [1.29, 1.82) is 0 Å². The van der Waals surface area contributed by atoms with Gasteiger partial charge in [0.15, 0.2) is 0 Å². The van der Waals surface area contributed by atoms with Crippen LogP contribution in [0.4, 0.5) is 0 Å². The number of H-pyrrole nitrogens is 1. The molecule has 34 heavy (non-hydrogen) atoms. The average Bonchev–Trinajstić information content (AvgIpc) is 3.54. The predicted octanol–water partition coefficient (Wildman–Crippen LogP) is 1.85. The molecule has 1 aliphatic heterocycles. The van der Waals surface area contributed by atoms with E-state index in [4.69, 9.17) is 4.74 Å². The number of rotatable bonds is 9. The molecule has 3 atom stereocenters. The highest BCUT2D eigenvalue weighted by atomic mass is 16.5. The highest BCUT2D eigenvalue weighted by Gasteiger charge is 2.31. The first-order valence-corrected chi connectivity index (χ1v) is 11.6. The topological polar surface area (TPSA) is 112 Å². The number of benzene rings is 2. The molecule has 0 radical (unpaired) electrons. The molecule has 2 aromatic carbocycles. The number of aromatic nitrogens is 1. The van der Waals surface area contributed by atoms with Crippen molar-refractivity contribution in [2.24, 2.45) is 0 Å². The number of methoxy groups -OCH3 is 1. The van der Waals surface area contributed by atoms with Gasteiger partial charge in [0.05, 0.1) is 13.2 Å². The zero-order valence-electron chi connectivity index (χ0n) is 19.2. The van der Waals surface area contributed by atoms with Crippen molar-refractivity contribution in [2.75, 3.05) is 13.7 Å². The molecule has 4 N–H and O–H groups in total. The molecule has 3 aromatic rings. The molecule has 178 valence electrons. The van der Waals surface area contributed by atoms with Gasteiger partial charge in [-0.3, -0.25) is 9.59 Å². The summed E-state index contributed by atoms with van der Waals surface area (Å²) >= 11 is 0. The van der Waals surface area contributed by atoms with E-state index < -0.39 is 24.0 Å². The molecule has 0 spiro atoms. The van der Waals surface area contributed by atoms with E-state index in [1.165, 1.54) is 7.11 Å². The van der Waals surface area contributed by atoms with Crippen molar-refractivity contribution in [3.05, 3.63) is 71.9 Å². The van der Waals surface area contributed by atoms with Crippen LogP contribution in [0.5, 0.6) is 0 Å². The van der Waals surface area contributed by atoms with Crippen molar-refractivity contribution in [3.8, 4) is 0 Å². The molecule has 1 fully saturated rings. The maximum Gasteiger partial charge on any atom is 0.328 e. The fourth-order valence-corrected chi connectivity index (χ4v) is 4.37. The van der Waals surface area contributed by atoms with Gasteiger partial charge in [-0.25, -0.2) is 4.79 Å². The number of carbonyl (C=O) groups is 3. The van der Waals surface area contributed by atoms with Crippen LogP contribution in [0, 0.1) is 0 Å². The fourth-order valence-electron chi connectivity index (χ4n) is 4.37. The van der Waals surface area contributed by atoms with Crippen LogP contribution >= 0.6 is 0 Å². The lowest BCUT2D eigenvalue weighted by Gasteiger charge is -2.23. The largest absolute Gasteiger partial charge is 0.467 e. The van der Waals surface area contributed by atoms with Gasteiger partial charge in [0, 0.05) is 29.9 Å². The van der Waals surface area contributed by atoms with Crippen LogP contribution < -0.4 is 16.0 Å². The van der Waals surface area contributed by atoms with Crippen molar-refractivity contribution < 1.29 is 19.1 Å². The van der Waals surface area contributed by atoms with E-state index in [9.17, 15) is 14.4 Å². The standard InChI is InChI=1S/C26H30N4O4/c1-34-26(33)23(15-18-16-28-20-11-6-5-10-19(18)20)30-25(32)22(14-17-8-3-2-4-9-17)29-24(31)21-12-7-13-27-21/h2-6,8-11,16,21-23,27-28H,7,12-15H2,1H3,(H,29,31)(H,30,32). The van der Waals surface area contributed by atoms with Gasteiger partial charge >= 0.3 is 5.97 Å². The van der Waals surface area contributed by atoms with Crippen LogP contribution in [-0.4, -0.2) is 54.5 Å². The molecule has 8 nitrogen and oxygen atoms in total. The van der Waals surface area contributed by atoms with E-state index in [2.05, 4.69) is 20.9 Å². The number of hydrogen-bond acceptors (Lipinski definition) is 5. The average molecular weight is 463 g/mol. The maximum absolute atomic E-state index is 13.4. The van der Waals surface area contributed by atoms with Crippen LogP contribution in [0.1, 0.15) is 24.0 Å². The summed E-state index contributed by atoms with van der Waals surface area (Å²) in [6.07, 6.45) is 4.06. The Morgan fingerprint density at radius 3 is 2.50 bits per heavy atom. The molecular formula is C26H30N4O4. The van der Waals surface area contributed by atoms with Gasteiger partial charge in [-0.05, 0) is 36.6 Å². The van der Waals surface area contributed by atoms with Gasteiger partial charge in [0.2, 0.25) is 11.8 Å². The van der Waals surface area contributed by atoms with Crippen LogP contribution in [0.3, 0.4) is 0 Å². The number of aromatic amines is 1. The molecule has 0 bridgehead atoms.